The maximum atomic E-state index is 13.2. The second-order valence-corrected chi connectivity index (χ2v) is 12.3. The normalized spacial score (nSPS) is 21.5. The van der Waals surface area contributed by atoms with Crippen molar-refractivity contribution < 1.29 is 16.8 Å². The number of nitrogens with zero attached hydrogens (tertiary/aromatic N) is 1. The van der Waals surface area contributed by atoms with Gasteiger partial charge in [-0.15, -0.1) is 0 Å². The minimum Gasteiger partial charge on any atom is -0.354 e. The lowest BCUT2D eigenvalue weighted by molar-refractivity contribution is 0.424. The fourth-order valence-corrected chi connectivity index (χ4v) is 8.16. The molecule has 0 saturated heterocycles. The van der Waals surface area contributed by atoms with Crippen molar-refractivity contribution in [2.45, 2.75) is 112 Å². The van der Waals surface area contributed by atoms with Gasteiger partial charge in [0.2, 0.25) is 20.0 Å². The monoisotopic (exact) mass is 459 g/mol. The molecule has 2 aliphatic carbocycles. The number of nitrogens with one attached hydrogen (secondary N) is 2. The Morgan fingerprint density at radius 3 is 1.27 bits per heavy atom. The van der Waals surface area contributed by atoms with Crippen molar-refractivity contribution in [3.8, 4) is 0 Å². The highest BCUT2D eigenvalue weighted by Crippen LogP contribution is 2.26. The maximum absolute atomic E-state index is 13.2. The van der Waals surface area contributed by atoms with Gasteiger partial charge in [0, 0.05) is 31.5 Å². The first kappa shape index (κ1) is 23.8. The summed E-state index contributed by atoms with van der Waals surface area (Å²) in [6.45, 7) is 0. The highest BCUT2D eigenvalue weighted by Gasteiger charge is 2.31. The summed E-state index contributed by atoms with van der Waals surface area (Å²) in [6, 6.07) is -0.269. The molecule has 3 rings (SSSR count). The summed E-state index contributed by atoms with van der Waals surface area (Å²) < 4.78 is 59.7. The number of sulfonamides is 2. The third kappa shape index (κ3) is 6.55. The summed E-state index contributed by atoms with van der Waals surface area (Å²) in [4.78, 5) is -0.296. The predicted molar refractivity (Wildman–Crippen MR) is 118 cm³/mol. The molecule has 2 aliphatic rings. The smallest absolute Gasteiger partial charge is 0.243 e. The number of aryl methyl sites for hydroxylation is 1. The first-order valence-electron chi connectivity index (χ1n) is 11.5. The van der Waals surface area contributed by atoms with Gasteiger partial charge in [0.1, 0.15) is 9.79 Å². The van der Waals surface area contributed by atoms with Crippen LogP contribution in [0.2, 0.25) is 0 Å². The lowest BCUT2D eigenvalue weighted by Gasteiger charge is -2.22. The Hall–Kier alpha value is -0.900. The van der Waals surface area contributed by atoms with Crippen LogP contribution >= 0.6 is 0 Å². The molecule has 0 aromatic carbocycles. The van der Waals surface area contributed by atoms with Crippen molar-refractivity contribution in [3.05, 3.63) is 12.4 Å². The first-order chi connectivity index (χ1) is 14.3. The van der Waals surface area contributed by atoms with Crippen molar-refractivity contribution in [2.24, 2.45) is 7.05 Å². The molecule has 7 nitrogen and oxygen atoms in total. The molecule has 172 valence electrons. The molecule has 0 spiro atoms. The van der Waals surface area contributed by atoms with Crippen LogP contribution in [0.25, 0.3) is 0 Å². The maximum Gasteiger partial charge on any atom is 0.243 e. The Balaban J connectivity index is 1.79. The molecule has 0 radical (unpaired) electrons. The second kappa shape index (κ2) is 10.6. The molecule has 0 unspecified atom stereocenters. The van der Waals surface area contributed by atoms with Crippen LogP contribution in [0.15, 0.2) is 22.2 Å². The fourth-order valence-electron chi connectivity index (χ4n) is 4.65. The van der Waals surface area contributed by atoms with Gasteiger partial charge in [-0.1, -0.05) is 64.2 Å². The minimum absolute atomic E-state index is 0.135. The largest absolute Gasteiger partial charge is 0.354 e. The average molecular weight is 460 g/mol. The Bertz CT molecular complexity index is 806. The van der Waals surface area contributed by atoms with Crippen LogP contribution in [0, 0.1) is 0 Å². The van der Waals surface area contributed by atoms with Crippen molar-refractivity contribution in [2.75, 3.05) is 0 Å². The van der Waals surface area contributed by atoms with Gasteiger partial charge >= 0.3 is 0 Å². The number of hydrogen-bond donors (Lipinski definition) is 2. The van der Waals surface area contributed by atoms with Gasteiger partial charge < -0.3 is 4.57 Å². The van der Waals surface area contributed by atoms with Crippen LogP contribution in [-0.2, 0) is 27.1 Å². The standard InChI is InChI=1S/C21H37N3O4S2/c1-24-16-20(29(25,26)22-18-12-8-4-2-5-9-13-18)21(17-24)30(27,28)23-19-14-10-6-3-7-11-15-19/h16-19,22-23H,2-15H2,1H3. The summed E-state index contributed by atoms with van der Waals surface area (Å²) in [5.74, 6) is 0. The van der Waals surface area contributed by atoms with E-state index in [0.717, 1.165) is 77.0 Å². The number of hydrogen-bond acceptors (Lipinski definition) is 4. The van der Waals surface area contributed by atoms with E-state index in [1.807, 2.05) is 0 Å². The zero-order chi connectivity index (χ0) is 21.6. The minimum atomic E-state index is -3.92. The molecule has 0 bridgehead atoms. The third-order valence-corrected chi connectivity index (χ3v) is 9.54. The Morgan fingerprint density at radius 1 is 0.633 bits per heavy atom. The van der Waals surface area contributed by atoms with Crippen LogP contribution in [0.1, 0.15) is 89.9 Å². The highest BCUT2D eigenvalue weighted by molar-refractivity contribution is 7.92. The molecule has 9 heteroatoms. The first-order valence-corrected chi connectivity index (χ1v) is 14.5. The van der Waals surface area contributed by atoms with E-state index < -0.39 is 20.0 Å². The van der Waals surface area contributed by atoms with E-state index >= 15 is 0 Å². The van der Waals surface area contributed by atoms with Crippen LogP contribution < -0.4 is 9.44 Å². The van der Waals surface area contributed by atoms with Crippen LogP contribution in [0.4, 0.5) is 0 Å². The van der Waals surface area contributed by atoms with Gasteiger partial charge in [0.25, 0.3) is 0 Å². The fraction of sp³-hybridized carbons (Fsp3) is 0.810. The summed E-state index contributed by atoms with van der Waals surface area (Å²) in [5.41, 5.74) is 0. The van der Waals surface area contributed by atoms with E-state index in [0.29, 0.717) is 0 Å². The Labute approximate surface area is 182 Å². The van der Waals surface area contributed by atoms with Crippen LogP contribution in [-0.4, -0.2) is 33.5 Å². The van der Waals surface area contributed by atoms with E-state index in [9.17, 15) is 16.8 Å². The molecule has 0 atom stereocenters. The zero-order valence-corrected chi connectivity index (χ0v) is 19.7. The molecule has 2 saturated carbocycles. The Kier molecular flexibility index (Phi) is 8.40. The van der Waals surface area contributed by atoms with Gasteiger partial charge in [-0.05, 0) is 25.7 Å². The van der Waals surface area contributed by atoms with E-state index in [4.69, 9.17) is 0 Å². The molecular formula is C21H37N3O4S2. The molecule has 30 heavy (non-hydrogen) atoms. The molecule has 0 amide bonds. The lowest BCUT2D eigenvalue weighted by atomic mass is 9.97. The lowest BCUT2D eigenvalue weighted by Crippen LogP contribution is -2.38. The van der Waals surface area contributed by atoms with Crippen molar-refractivity contribution in [1.82, 2.24) is 14.0 Å². The predicted octanol–water partition coefficient (Wildman–Crippen LogP) is 3.81. The number of aromatic nitrogens is 1. The third-order valence-electron chi connectivity index (χ3n) is 6.32. The summed E-state index contributed by atoms with van der Waals surface area (Å²) in [7, 11) is -6.19. The average Bonchev–Trinajstić information content (AvgIpc) is 3.03. The highest BCUT2D eigenvalue weighted by atomic mass is 32.2. The van der Waals surface area contributed by atoms with Gasteiger partial charge in [-0.3, -0.25) is 0 Å². The van der Waals surface area contributed by atoms with E-state index in [-0.39, 0.29) is 21.9 Å². The second-order valence-electron chi connectivity index (χ2n) is 8.98. The summed E-state index contributed by atoms with van der Waals surface area (Å²) >= 11 is 0. The van der Waals surface area contributed by atoms with E-state index in [1.165, 1.54) is 29.8 Å². The van der Waals surface area contributed by atoms with Gasteiger partial charge in [0.05, 0.1) is 0 Å². The van der Waals surface area contributed by atoms with Crippen molar-refractivity contribution >= 4 is 20.0 Å². The number of rotatable bonds is 6. The topological polar surface area (TPSA) is 97.3 Å². The van der Waals surface area contributed by atoms with Crippen molar-refractivity contribution in [3.63, 3.8) is 0 Å². The quantitative estimate of drug-likeness (QED) is 0.676. The molecule has 2 N–H and O–H groups in total. The van der Waals surface area contributed by atoms with Gasteiger partial charge in [-0.2, -0.15) is 0 Å². The Morgan fingerprint density at radius 2 is 0.933 bits per heavy atom. The SMILES string of the molecule is Cn1cc(S(=O)(=O)NC2CCCCCCC2)c(S(=O)(=O)NC2CCCCCCC2)c1. The summed E-state index contributed by atoms with van der Waals surface area (Å²) in [5, 5.41) is 0. The molecule has 1 aromatic rings. The molecule has 2 fully saturated rings. The molecular weight excluding hydrogens is 422 g/mol. The van der Waals surface area contributed by atoms with Crippen LogP contribution in [0.3, 0.4) is 0 Å². The van der Waals surface area contributed by atoms with E-state index in [1.54, 1.807) is 7.05 Å². The molecule has 1 aromatic heterocycles. The van der Waals surface area contributed by atoms with Gasteiger partial charge in [0.15, 0.2) is 0 Å². The van der Waals surface area contributed by atoms with Gasteiger partial charge in [-0.25, -0.2) is 26.3 Å². The summed E-state index contributed by atoms with van der Waals surface area (Å²) in [6.07, 6.45) is 16.9. The molecule has 1 heterocycles. The zero-order valence-electron chi connectivity index (χ0n) is 18.1. The molecule has 0 aliphatic heterocycles. The van der Waals surface area contributed by atoms with Crippen molar-refractivity contribution in [1.29, 1.82) is 0 Å². The van der Waals surface area contributed by atoms with Crippen LogP contribution in [0.5, 0.6) is 0 Å². The van der Waals surface area contributed by atoms with E-state index in [2.05, 4.69) is 9.44 Å².